The fourth-order valence-corrected chi connectivity index (χ4v) is 3.06. The number of hydrogen-bond donors (Lipinski definition) is 1. The minimum absolute atomic E-state index is 0.356. The third-order valence-corrected chi connectivity index (χ3v) is 4.52. The molecule has 2 nitrogen and oxygen atoms in total. The molecule has 0 aromatic heterocycles. The van der Waals surface area contributed by atoms with Gasteiger partial charge in [0.1, 0.15) is 11.5 Å². The van der Waals surface area contributed by atoms with E-state index in [1.165, 1.54) is 32.1 Å². The van der Waals surface area contributed by atoms with E-state index in [1.807, 2.05) is 37.3 Å². The average molecular weight is 365 g/mol. The number of halogens is 1. The van der Waals surface area contributed by atoms with Crippen LogP contribution >= 0.6 is 15.9 Å². The molecule has 120 valence electrons. The van der Waals surface area contributed by atoms with Gasteiger partial charge in [0.2, 0.25) is 0 Å². The summed E-state index contributed by atoms with van der Waals surface area (Å²) < 4.78 is 5.96. The molecule has 0 unspecified atom stereocenters. The molecule has 22 heavy (non-hydrogen) atoms. The molecule has 3 heteroatoms. The van der Waals surface area contributed by atoms with Gasteiger partial charge in [-0.2, -0.15) is 0 Å². The summed E-state index contributed by atoms with van der Waals surface area (Å²) in [6, 6.07) is 9.80. The average Bonchev–Trinajstić information content (AvgIpc) is 2.54. The van der Waals surface area contributed by atoms with Crippen molar-refractivity contribution in [3.8, 4) is 11.5 Å². The minimum Gasteiger partial charge on any atom is -0.507 e. The number of unbranched alkanes of at least 4 members (excludes halogenated alkanes) is 5. The van der Waals surface area contributed by atoms with Crippen LogP contribution in [0, 0.1) is 6.92 Å². The van der Waals surface area contributed by atoms with Crippen LogP contribution in [-0.4, -0.2) is 17.0 Å². The summed E-state index contributed by atoms with van der Waals surface area (Å²) in [4.78, 5) is 0. The molecule has 0 amide bonds. The second-order valence-corrected chi connectivity index (χ2v) is 6.54. The lowest BCUT2D eigenvalue weighted by Gasteiger charge is -2.12. The first-order chi connectivity index (χ1) is 10.7. The summed E-state index contributed by atoms with van der Waals surface area (Å²) in [7, 11) is 0. The fourth-order valence-electron chi connectivity index (χ4n) is 2.66. The zero-order valence-corrected chi connectivity index (χ0v) is 14.9. The van der Waals surface area contributed by atoms with Crippen LogP contribution < -0.4 is 4.74 Å². The Hall–Kier alpha value is -1.22. The molecule has 2 aromatic rings. The van der Waals surface area contributed by atoms with Gasteiger partial charge in [-0.25, -0.2) is 0 Å². The van der Waals surface area contributed by atoms with Crippen LogP contribution in [0.1, 0.15) is 44.1 Å². The van der Waals surface area contributed by atoms with Crippen molar-refractivity contribution in [2.24, 2.45) is 0 Å². The Morgan fingerprint density at radius 1 is 0.955 bits per heavy atom. The zero-order valence-electron chi connectivity index (χ0n) is 13.3. The quantitative estimate of drug-likeness (QED) is 0.438. The highest BCUT2D eigenvalue weighted by molar-refractivity contribution is 9.09. The third kappa shape index (κ3) is 4.64. The maximum Gasteiger partial charge on any atom is 0.127 e. The topological polar surface area (TPSA) is 29.5 Å². The number of ether oxygens (including phenoxy) is 1. The molecule has 0 atom stereocenters. The van der Waals surface area contributed by atoms with Gasteiger partial charge in [-0.05, 0) is 31.4 Å². The van der Waals surface area contributed by atoms with Gasteiger partial charge >= 0.3 is 0 Å². The van der Waals surface area contributed by atoms with Crippen molar-refractivity contribution in [1.29, 1.82) is 0 Å². The van der Waals surface area contributed by atoms with E-state index in [1.54, 1.807) is 0 Å². The SMILES string of the molecule is Cc1cc(OCCCCCCCCBr)c2ccccc2c1O. The molecular weight excluding hydrogens is 340 g/mol. The van der Waals surface area contributed by atoms with Gasteiger partial charge in [0.05, 0.1) is 6.61 Å². The summed E-state index contributed by atoms with van der Waals surface area (Å²) in [6.07, 6.45) is 7.49. The molecular formula is C19H25BrO2. The van der Waals surface area contributed by atoms with Crippen molar-refractivity contribution in [2.75, 3.05) is 11.9 Å². The molecule has 0 spiro atoms. The number of hydrogen-bond acceptors (Lipinski definition) is 2. The van der Waals surface area contributed by atoms with E-state index < -0.39 is 0 Å². The van der Waals surface area contributed by atoms with Crippen molar-refractivity contribution in [2.45, 2.75) is 45.4 Å². The van der Waals surface area contributed by atoms with Crippen LogP contribution in [0.3, 0.4) is 0 Å². The Morgan fingerprint density at radius 3 is 2.32 bits per heavy atom. The molecule has 0 aliphatic rings. The van der Waals surface area contributed by atoms with Crippen LogP contribution in [0.5, 0.6) is 11.5 Å². The highest BCUT2D eigenvalue weighted by Gasteiger charge is 2.09. The van der Waals surface area contributed by atoms with E-state index in [0.29, 0.717) is 5.75 Å². The monoisotopic (exact) mass is 364 g/mol. The molecule has 0 radical (unpaired) electrons. The van der Waals surface area contributed by atoms with Crippen molar-refractivity contribution in [1.82, 2.24) is 0 Å². The van der Waals surface area contributed by atoms with Gasteiger partial charge in [0, 0.05) is 16.1 Å². The van der Waals surface area contributed by atoms with Crippen LogP contribution in [0.4, 0.5) is 0 Å². The van der Waals surface area contributed by atoms with E-state index in [2.05, 4.69) is 15.9 Å². The van der Waals surface area contributed by atoms with Crippen molar-refractivity contribution < 1.29 is 9.84 Å². The van der Waals surface area contributed by atoms with Crippen LogP contribution in [0.25, 0.3) is 10.8 Å². The molecule has 0 bridgehead atoms. The second-order valence-electron chi connectivity index (χ2n) is 5.74. The summed E-state index contributed by atoms with van der Waals surface area (Å²) in [5.41, 5.74) is 0.864. The Labute approximate surface area is 141 Å². The standard InChI is InChI=1S/C19H25BrO2/c1-15-14-18(16-10-6-7-11-17(16)19(15)21)22-13-9-5-3-2-4-8-12-20/h6-7,10-11,14,21H,2-5,8-9,12-13H2,1H3. The Bertz CT molecular complexity index is 595. The molecule has 0 aliphatic heterocycles. The first-order valence-corrected chi connectivity index (χ1v) is 9.26. The van der Waals surface area contributed by atoms with Crippen LogP contribution in [0.15, 0.2) is 30.3 Å². The molecule has 0 aliphatic carbocycles. The number of phenols is 1. The lowest BCUT2D eigenvalue weighted by atomic mass is 10.0. The largest absolute Gasteiger partial charge is 0.507 e. The number of alkyl halides is 1. The zero-order chi connectivity index (χ0) is 15.8. The van der Waals surface area contributed by atoms with E-state index in [-0.39, 0.29) is 0 Å². The summed E-state index contributed by atoms with van der Waals surface area (Å²) in [5.74, 6) is 1.24. The van der Waals surface area contributed by atoms with E-state index >= 15 is 0 Å². The molecule has 0 saturated heterocycles. The second kappa shape index (κ2) is 9.04. The van der Waals surface area contributed by atoms with Gasteiger partial charge in [-0.1, -0.05) is 65.9 Å². The Balaban J connectivity index is 1.86. The number of rotatable bonds is 9. The molecule has 0 heterocycles. The first kappa shape index (κ1) is 17.1. The predicted octanol–water partition coefficient (Wildman–Crippen LogP) is 5.97. The minimum atomic E-state index is 0.356. The molecule has 0 saturated carbocycles. The lowest BCUT2D eigenvalue weighted by molar-refractivity contribution is 0.307. The Morgan fingerprint density at radius 2 is 1.59 bits per heavy atom. The van der Waals surface area contributed by atoms with E-state index in [9.17, 15) is 5.11 Å². The number of fused-ring (bicyclic) bond motifs is 1. The molecule has 2 rings (SSSR count). The number of phenolic OH excluding ortho intramolecular Hbond substituents is 1. The molecule has 0 fully saturated rings. The smallest absolute Gasteiger partial charge is 0.127 e. The van der Waals surface area contributed by atoms with Crippen molar-refractivity contribution >= 4 is 26.7 Å². The highest BCUT2D eigenvalue weighted by atomic mass is 79.9. The predicted molar refractivity (Wildman–Crippen MR) is 97.3 cm³/mol. The summed E-state index contributed by atoms with van der Waals surface area (Å²) >= 11 is 3.46. The summed E-state index contributed by atoms with van der Waals surface area (Å²) in [5, 5.41) is 13.1. The Kier molecular flexibility index (Phi) is 7.04. The van der Waals surface area contributed by atoms with Crippen molar-refractivity contribution in [3.63, 3.8) is 0 Å². The maximum absolute atomic E-state index is 10.1. The molecule has 2 aromatic carbocycles. The maximum atomic E-state index is 10.1. The summed E-state index contributed by atoms with van der Waals surface area (Å²) in [6.45, 7) is 2.66. The third-order valence-electron chi connectivity index (χ3n) is 3.95. The lowest BCUT2D eigenvalue weighted by Crippen LogP contribution is -1.98. The van der Waals surface area contributed by atoms with Gasteiger partial charge in [-0.15, -0.1) is 0 Å². The first-order valence-electron chi connectivity index (χ1n) is 8.14. The van der Waals surface area contributed by atoms with E-state index in [0.717, 1.165) is 40.4 Å². The van der Waals surface area contributed by atoms with Crippen LogP contribution in [-0.2, 0) is 0 Å². The van der Waals surface area contributed by atoms with Gasteiger partial charge in [0.25, 0.3) is 0 Å². The molecule has 1 N–H and O–H groups in total. The van der Waals surface area contributed by atoms with E-state index in [4.69, 9.17) is 4.74 Å². The van der Waals surface area contributed by atoms with Gasteiger partial charge in [0.15, 0.2) is 0 Å². The van der Waals surface area contributed by atoms with Crippen LogP contribution in [0.2, 0.25) is 0 Å². The normalized spacial score (nSPS) is 11.0. The van der Waals surface area contributed by atoms with Gasteiger partial charge in [-0.3, -0.25) is 0 Å². The van der Waals surface area contributed by atoms with Gasteiger partial charge < -0.3 is 9.84 Å². The number of aromatic hydroxyl groups is 1. The number of aryl methyl sites for hydroxylation is 1. The highest BCUT2D eigenvalue weighted by Crippen LogP contribution is 2.35. The fraction of sp³-hybridized carbons (Fsp3) is 0.474. The number of benzene rings is 2. The van der Waals surface area contributed by atoms with Crippen molar-refractivity contribution in [3.05, 3.63) is 35.9 Å².